The highest BCUT2D eigenvalue weighted by molar-refractivity contribution is 5.93. The van der Waals surface area contributed by atoms with Crippen molar-refractivity contribution < 1.29 is 33.4 Å². The summed E-state index contributed by atoms with van der Waals surface area (Å²) in [4.78, 5) is 66.3. The van der Waals surface area contributed by atoms with Crippen molar-refractivity contribution >= 4 is 29.8 Å². The first-order chi connectivity index (χ1) is 20.0. The van der Waals surface area contributed by atoms with E-state index in [0.717, 1.165) is 17.5 Å². The fraction of sp³-hybridized carbons (Fsp3) is 0.656. The van der Waals surface area contributed by atoms with Crippen molar-refractivity contribution in [3.63, 3.8) is 0 Å². The molecule has 0 aliphatic carbocycles. The summed E-state index contributed by atoms with van der Waals surface area (Å²) in [6.07, 6.45) is 0.255. The Bertz CT molecular complexity index is 1110. The molecule has 0 heterocycles. The molecule has 1 aromatic carbocycles. The van der Waals surface area contributed by atoms with Gasteiger partial charge in [-0.25, -0.2) is 4.79 Å². The minimum Gasteiger partial charge on any atom is -0.466 e. The molecule has 43 heavy (non-hydrogen) atoms. The average molecular weight is 605 g/mol. The number of nitrogens with zero attached hydrogens (tertiary/aromatic N) is 1. The van der Waals surface area contributed by atoms with Gasteiger partial charge in [-0.1, -0.05) is 32.0 Å². The van der Waals surface area contributed by atoms with Crippen LogP contribution in [-0.2, 0) is 28.7 Å². The van der Waals surface area contributed by atoms with Gasteiger partial charge in [-0.05, 0) is 90.3 Å². The zero-order chi connectivity index (χ0) is 32.9. The molecule has 4 amide bonds. The Morgan fingerprint density at radius 1 is 0.953 bits per heavy atom. The third-order valence-corrected chi connectivity index (χ3v) is 6.87. The second-order valence-corrected chi connectivity index (χ2v) is 12.4. The summed E-state index contributed by atoms with van der Waals surface area (Å²) in [5.41, 5.74) is 7.11. The maximum atomic E-state index is 14.4. The minimum atomic E-state index is -1.19. The highest BCUT2D eigenvalue weighted by atomic mass is 16.6. The van der Waals surface area contributed by atoms with Crippen LogP contribution in [0.1, 0.15) is 103 Å². The quantitative estimate of drug-likeness (QED) is 0.238. The monoisotopic (exact) mass is 604 g/mol. The van der Waals surface area contributed by atoms with E-state index in [4.69, 9.17) is 15.2 Å². The molecule has 11 nitrogen and oxygen atoms in total. The number of rotatable bonds is 16. The van der Waals surface area contributed by atoms with Gasteiger partial charge < -0.3 is 30.7 Å². The molecular formula is C32H52N4O7. The maximum Gasteiger partial charge on any atom is 0.408 e. The van der Waals surface area contributed by atoms with Crippen LogP contribution in [0.15, 0.2) is 18.2 Å². The molecule has 11 heteroatoms. The zero-order valence-corrected chi connectivity index (χ0v) is 27.4. The van der Waals surface area contributed by atoms with Gasteiger partial charge in [0.1, 0.15) is 17.7 Å². The molecule has 242 valence electrons. The van der Waals surface area contributed by atoms with Crippen molar-refractivity contribution in [1.82, 2.24) is 15.5 Å². The molecular weight excluding hydrogens is 552 g/mol. The van der Waals surface area contributed by atoms with Crippen LogP contribution in [0, 0.1) is 19.8 Å². The number of alkyl carbamates (subject to hydrolysis) is 1. The largest absolute Gasteiger partial charge is 0.466 e. The SMILES string of the molecule is CCOC(=O)CCNC(=O)C(c1ccc(C)c(C)c1)N(C(=O)C(CCC(N)=O)NC(=O)OC(C)(C)C)C(C)CCC(C)C. The lowest BCUT2D eigenvalue weighted by Gasteiger charge is -2.39. The molecule has 0 saturated heterocycles. The van der Waals surface area contributed by atoms with Gasteiger partial charge in [-0.3, -0.25) is 19.2 Å². The van der Waals surface area contributed by atoms with Gasteiger partial charge in [0.05, 0.1) is 13.0 Å². The van der Waals surface area contributed by atoms with Gasteiger partial charge in [-0.2, -0.15) is 0 Å². The van der Waals surface area contributed by atoms with E-state index in [0.29, 0.717) is 17.9 Å². The van der Waals surface area contributed by atoms with E-state index in [1.165, 1.54) is 4.90 Å². The van der Waals surface area contributed by atoms with E-state index >= 15 is 0 Å². The summed E-state index contributed by atoms with van der Waals surface area (Å²) in [6, 6.07) is 2.83. The minimum absolute atomic E-state index is 0.0165. The van der Waals surface area contributed by atoms with Crippen molar-refractivity contribution in [3.8, 4) is 0 Å². The highest BCUT2D eigenvalue weighted by Crippen LogP contribution is 2.29. The van der Waals surface area contributed by atoms with Crippen LogP contribution in [0.2, 0.25) is 0 Å². The van der Waals surface area contributed by atoms with Crippen molar-refractivity contribution in [2.24, 2.45) is 11.7 Å². The molecule has 0 saturated carbocycles. The van der Waals surface area contributed by atoms with E-state index in [2.05, 4.69) is 24.5 Å². The summed E-state index contributed by atoms with van der Waals surface area (Å²) in [7, 11) is 0. The molecule has 0 aromatic heterocycles. The summed E-state index contributed by atoms with van der Waals surface area (Å²) in [6.45, 7) is 16.9. The lowest BCUT2D eigenvalue weighted by Crippen LogP contribution is -2.55. The van der Waals surface area contributed by atoms with Gasteiger partial charge in [0.25, 0.3) is 0 Å². The number of hydrogen-bond acceptors (Lipinski definition) is 7. The molecule has 0 bridgehead atoms. The van der Waals surface area contributed by atoms with Crippen LogP contribution >= 0.6 is 0 Å². The summed E-state index contributed by atoms with van der Waals surface area (Å²) in [5.74, 6) is -1.78. The Balaban J connectivity index is 3.65. The molecule has 0 radical (unpaired) electrons. The third kappa shape index (κ3) is 13.5. The Morgan fingerprint density at radius 3 is 2.14 bits per heavy atom. The first kappa shape index (κ1) is 37.4. The maximum absolute atomic E-state index is 14.4. The van der Waals surface area contributed by atoms with Crippen LogP contribution < -0.4 is 16.4 Å². The van der Waals surface area contributed by atoms with Gasteiger partial charge in [-0.15, -0.1) is 0 Å². The third-order valence-electron chi connectivity index (χ3n) is 6.87. The van der Waals surface area contributed by atoms with Crippen molar-refractivity contribution in [1.29, 1.82) is 0 Å². The standard InChI is InChI=1S/C32H52N4O7/c1-10-42-27(38)17-18-34-29(39)28(24-14-12-21(4)22(5)19-24)36(23(6)13-11-20(2)3)30(40)25(15-16-26(33)37)35-31(41)43-32(7,8)9/h12,14,19-20,23,25,28H,10-11,13,15-18H2,1-9H3,(H2,33,37)(H,34,39)(H,35,41). The summed E-state index contributed by atoms with van der Waals surface area (Å²) < 4.78 is 10.4. The number of nitrogens with two attached hydrogens (primary N) is 1. The number of hydrogen-bond donors (Lipinski definition) is 3. The molecule has 0 aliphatic rings. The Kier molecular flexibility index (Phi) is 15.2. The molecule has 4 N–H and O–H groups in total. The Hall–Kier alpha value is -3.63. The van der Waals surface area contributed by atoms with Crippen molar-refractivity contribution in [2.45, 2.75) is 118 Å². The van der Waals surface area contributed by atoms with E-state index in [1.54, 1.807) is 33.8 Å². The topological polar surface area (TPSA) is 157 Å². The van der Waals surface area contributed by atoms with Crippen LogP contribution in [0.25, 0.3) is 0 Å². The molecule has 1 aromatic rings. The first-order valence-electron chi connectivity index (χ1n) is 15.1. The lowest BCUT2D eigenvalue weighted by molar-refractivity contribution is -0.146. The van der Waals surface area contributed by atoms with Crippen LogP contribution in [0.4, 0.5) is 4.79 Å². The zero-order valence-electron chi connectivity index (χ0n) is 27.4. The molecule has 3 atom stereocenters. The van der Waals surface area contributed by atoms with E-state index in [9.17, 15) is 24.0 Å². The lowest BCUT2D eigenvalue weighted by atomic mass is 9.94. The summed E-state index contributed by atoms with van der Waals surface area (Å²) >= 11 is 0. The number of benzene rings is 1. The second-order valence-electron chi connectivity index (χ2n) is 12.4. The van der Waals surface area contributed by atoms with Gasteiger partial charge >= 0.3 is 12.1 Å². The fourth-order valence-electron chi connectivity index (χ4n) is 4.48. The number of primary amides is 1. The number of amides is 4. The first-order valence-corrected chi connectivity index (χ1v) is 15.1. The van der Waals surface area contributed by atoms with Crippen molar-refractivity contribution in [3.05, 3.63) is 34.9 Å². The number of aryl methyl sites for hydroxylation is 2. The predicted octanol–water partition coefficient (Wildman–Crippen LogP) is 4.23. The molecule has 0 spiro atoms. The van der Waals surface area contributed by atoms with Crippen LogP contribution in [-0.4, -0.2) is 65.5 Å². The van der Waals surface area contributed by atoms with Gasteiger partial charge in [0.2, 0.25) is 17.7 Å². The molecule has 1 rings (SSSR count). The fourth-order valence-corrected chi connectivity index (χ4v) is 4.48. The molecule has 0 fully saturated rings. The van der Waals surface area contributed by atoms with E-state index in [1.807, 2.05) is 32.9 Å². The highest BCUT2D eigenvalue weighted by Gasteiger charge is 2.39. The predicted molar refractivity (Wildman–Crippen MR) is 165 cm³/mol. The number of nitrogens with one attached hydrogen (secondary N) is 2. The number of carbonyl (C=O) groups is 5. The van der Waals surface area contributed by atoms with Crippen LogP contribution in [0.5, 0.6) is 0 Å². The van der Waals surface area contributed by atoms with Crippen molar-refractivity contribution in [2.75, 3.05) is 13.2 Å². The smallest absolute Gasteiger partial charge is 0.408 e. The number of ether oxygens (including phenoxy) is 2. The van der Waals surface area contributed by atoms with Crippen LogP contribution in [0.3, 0.4) is 0 Å². The summed E-state index contributed by atoms with van der Waals surface area (Å²) in [5, 5.41) is 5.41. The average Bonchev–Trinajstić information content (AvgIpc) is 2.88. The normalized spacial score (nSPS) is 13.4. The van der Waals surface area contributed by atoms with E-state index in [-0.39, 0.29) is 32.4 Å². The Labute approximate surface area is 256 Å². The molecule has 0 aliphatic heterocycles. The second kappa shape index (κ2) is 17.5. The number of esters is 1. The van der Waals surface area contributed by atoms with Gasteiger partial charge in [0.15, 0.2) is 0 Å². The van der Waals surface area contributed by atoms with Gasteiger partial charge in [0, 0.05) is 19.0 Å². The van der Waals surface area contributed by atoms with E-state index < -0.39 is 53.5 Å². The number of carbonyl (C=O) groups excluding carboxylic acids is 5. The molecule has 3 unspecified atom stereocenters. The Morgan fingerprint density at radius 2 is 1.60 bits per heavy atom.